The van der Waals surface area contributed by atoms with Crippen molar-refractivity contribution in [3.05, 3.63) is 32.7 Å². The molecule has 0 saturated carbocycles. The third-order valence-corrected chi connectivity index (χ3v) is 4.58. The molecule has 0 aliphatic rings. The molecule has 3 aromatic heterocycles. The monoisotopic (exact) mass is 347 g/mol. The largest absolute Gasteiger partial charge is 0.383 e. The van der Waals surface area contributed by atoms with Gasteiger partial charge in [-0.2, -0.15) is 4.98 Å². The summed E-state index contributed by atoms with van der Waals surface area (Å²) in [5, 5.41) is 0. The van der Waals surface area contributed by atoms with Gasteiger partial charge in [-0.3, -0.25) is 18.6 Å². The first-order valence-corrected chi connectivity index (χ1v) is 7.98. The van der Waals surface area contributed by atoms with E-state index in [1.807, 2.05) is 11.5 Å². The number of ether oxygens (including phenoxy) is 1. The summed E-state index contributed by atoms with van der Waals surface area (Å²) in [5.41, 5.74) is 0.423. The molecule has 0 fully saturated rings. The minimum atomic E-state index is -0.835. The highest BCUT2D eigenvalue weighted by Crippen LogP contribution is 2.16. The van der Waals surface area contributed by atoms with Crippen LogP contribution in [0.3, 0.4) is 0 Å². The number of imidazole rings is 2. The molecule has 0 saturated heterocycles. The van der Waals surface area contributed by atoms with E-state index >= 15 is 0 Å². The summed E-state index contributed by atoms with van der Waals surface area (Å²) in [6.07, 6.45) is 1.80. The molecule has 3 aromatic rings. The SMILES string of the molecule is COCCn1c(C)cn2c3c(=O)n([C@@H](C)C(C)=O)c(=O)n(C)c3nc12. The van der Waals surface area contributed by atoms with Gasteiger partial charge in [0.25, 0.3) is 5.56 Å². The van der Waals surface area contributed by atoms with Crippen LogP contribution in [0.15, 0.2) is 15.8 Å². The number of nitrogens with zero attached hydrogens (tertiary/aromatic N) is 5. The van der Waals surface area contributed by atoms with Crippen LogP contribution < -0.4 is 11.2 Å². The fourth-order valence-corrected chi connectivity index (χ4v) is 3.00. The predicted molar refractivity (Wildman–Crippen MR) is 92.2 cm³/mol. The molecule has 25 heavy (non-hydrogen) atoms. The van der Waals surface area contributed by atoms with Crippen LogP contribution in [0.1, 0.15) is 25.6 Å². The van der Waals surface area contributed by atoms with E-state index in [0.29, 0.717) is 24.6 Å². The van der Waals surface area contributed by atoms with Gasteiger partial charge in [-0.05, 0) is 20.8 Å². The lowest BCUT2D eigenvalue weighted by Gasteiger charge is -2.12. The second kappa shape index (κ2) is 5.99. The first kappa shape index (κ1) is 17.2. The highest BCUT2D eigenvalue weighted by molar-refractivity contribution is 5.80. The Labute approximate surface area is 143 Å². The van der Waals surface area contributed by atoms with Crippen LogP contribution in [0, 0.1) is 6.92 Å². The second-order valence-corrected chi connectivity index (χ2v) is 6.17. The van der Waals surface area contributed by atoms with E-state index in [4.69, 9.17) is 4.74 Å². The van der Waals surface area contributed by atoms with E-state index in [1.54, 1.807) is 31.7 Å². The van der Waals surface area contributed by atoms with Crippen LogP contribution >= 0.6 is 0 Å². The van der Waals surface area contributed by atoms with Gasteiger partial charge in [0.2, 0.25) is 5.78 Å². The lowest BCUT2D eigenvalue weighted by molar-refractivity contribution is -0.119. The van der Waals surface area contributed by atoms with E-state index in [-0.39, 0.29) is 11.3 Å². The van der Waals surface area contributed by atoms with Crippen molar-refractivity contribution in [1.29, 1.82) is 0 Å². The van der Waals surface area contributed by atoms with Crippen LogP contribution in [0.25, 0.3) is 16.9 Å². The average molecular weight is 347 g/mol. The summed E-state index contributed by atoms with van der Waals surface area (Å²) in [5.74, 6) is 0.304. The van der Waals surface area contributed by atoms with Crippen molar-refractivity contribution in [2.75, 3.05) is 13.7 Å². The number of aromatic nitrogens is 5. The summed E-state index contributed by atoms with van der Waals surface area (Å²) in [4.78, 5) is 41.7. The molecule has 0 radical (unpaired) electrons. The summed E-state index contributed by atoms with van der Waals surface area (Å²) in [6, 6.07) is -0.835. The Morgan fingerprint density at radius 1 is 1.36 bits per heavy atom. The third kappa shape index (κ3) is 2.42. The molecule has 0 aromatic carbocycles. The molecule has 3 rings (SSSR count). The molecular formula is C16H21N5O4. The van der Waals surface area contributed by atoms with Gasteiger partial charge in [0.05, 0.1) is 12.6 Å². The van der Waals surface area contributed by atoms with Crippen LogP contribution in [0.2, 0.25) is 0 Å². The number of Topliss-reactive ketones (excluding diaryl/α,β-unsaturated/α-hetero) is 1. The number of carbonyl (C=O) groups is 1. The fraction of sp³-hybridized carbons (Fsp3) is 0.500. The average Bonchev–Trinajstić information content (AvgIpc) is 3.06. The normalized spacial score (nSPS) is 13.0. The predicted octanol–water partition coefficient (Wildman–Crippen LogP) is 0.254. The molecule has 134 valence electrons. The smallest absolute Gasteiger partial charge is 0.333 e. The van der Waals surface area contributed by atoms with Gasteiger partial charge in [-0.25, -0.2) is 9.36 Å². The van der Waals surface area contributed by atoms with Gasteiger partial charge >= 0.3 is 5.69 Å². The number of methoxy groups -OCH3 is 1. The number of aryl methyl sites for hydroxylation is 2. The lowest BCUT2D eigenvalue weighted by Crippen LogP contribution is -2.42. The van der Waals surface area contributed by atoms with Crippen LogP contribution in [-0.4, -0.2) is 42.6 Å². The first-order chi connectivity index (χ1) is 11.8. The van der Waals surface area contributed by atoms with Crippen LogP contribution in [0.5, 0.6) is 0 Å². The van der Waals surface area contributed by atoms with Crippen molar-refractivity contribution in [3.63, 3.8) is 0 Å². The summed E-state index contributed by atoms with van der Waals surface area (Å²) >= 11 is 0. The van der Waals surface area contributed by atoms with Crippen molar-refractivity contribution in [2.24, 2.45) is 7.05 Å². The van der Waals surface area contributed by atoms with Gasteiger partial charge < -0.3 is 9.30 Å². The topological polar surface area (TPSA) is 92.5 Å². The summed E-state index contributed by atoms with van der Waals surface area (Å²) in [6.45, 7) is 5.89. The zero-order valence-electron chi connectivity index (χ0n) is 14.9. The molecule has 0 unspecified atom stereocenters. The Hall–Kier alpha value is -2.68. The molecule has 0 bridgehead atoms. The van der Waals surface area contributed by atoms with Gasteiger partial charge in [0.1, 0.15) is 0 Å². The molecule has 0 aliphatic carbocycles. The third-order valence-electron chi connectivity index (χ3n) is 4.58. The minimum Gasteiger partial charge on any atom is -0.383 e. The quantitative estimate of drug-likeness (QED) is 0.660. The van der Waals surface area contributed by atoms with Crippen LogP contribution in [-0.2, 0) is 23.1 Å². The van der Waals surface area contributed by atoms with E-state index in [1.165, 1.54) is 11.5 Å². The van der Waals surface area contributed by atoms with Crippen molar-refractivity contribution in [1.82, 2.24) is 23.1 Å². The van der Waals surface area contributed by atoms with Gasteiger partial charge in [0.15, 0.2) is 16.9 Å². The number of hydrogen-bond acceptors (Lipinski definition) is 5. The fourth-order valence-electron chi connectivity index (χ4n) is 3.00. The zero-order chi connectivity index (χ0) is 18.5. The van der Waals surface area contributed by atoms with Crippen molar-refractivity contribution in [3.8, 4) is 0 Å². The first-order valence-electron chi connectivity index (χ1n) is 7.98. The Balaban J connectivity index is 2.42. The van der Waals surface area contributed by atoms with Gasteiger partial charge in [-0.1, -0.05) is 0 Å². The molecule has 1 atom stereocenters. The standard InChI is InChI=1S/C16H21N5O4/c1-9-8-20-12-13(17-15(20)19(9)6-7-25-5)18(4)16(24)21(14(12)23)10(2)11(3)22/h8,10H,6-7H2,1-5H3/t10-/m0/s1. The molecule has 3 heterocycles. The number of rotatable bonds is 5. The summed E-state index contributed by atoms with van der Waals surface area (Å²) in [7, 11) is 3.16. The molecule has 9 nitrogen and oxygen atoms in total. The molecule has 0 spiro atoms. The van der Waals surface area contributed by atoms with Crippen molar-refractivity contribution < 1.29 is 9.53 Å². The van der Waals surface area contributed by atoms with E-state index < -0.39 is 17.3 Å². The van der Waals surface area contributed by atoms with Gasteiger partial charge in [-0.15, -0.1) is 0 Å². The Kier molecular flexibility index (Phi) is 4.11. The number of fused-ring (bicyclic) bond motifs is 3. The Morgan fingerprint density at radius 3 is 2.64 bits per heavy atom. The molecule has 0 N–H and O–H groups in total. The zero-order valence-corrected chi connectivity index (χ0v) is 14.9. The highest BCUT2D eigenvalue weighted by Gasteiger charge is 2.23. The highest BCUT2D eigenvalue weighted by atomic mass is 16.5. The molecule has 0 aliphatic heterocycles. The maximum Gasteiger partial charge on any atom is 0.333 e. The van der Waals surface area contributed by atoms with E-state index in [0.717, 1.165) is 10.3 Å². The number of ketones is 1. The summed E-state index contributed by atoms with van der Waals surface area (Å²) < 4.78 is 11.0. The van der Waals surface area contributed by atoms with Crippen molar-refractivity contribution in [2.45, 2.75) is 33.4 Å². The van der Waals surface area contributed by atoms with E-state index in [2.05, 4.69) is 4.98 Å². The lowest BCUT2D eigenvalue weighted by atomic mass is 10.2. The van der Waals surface area contributed by atoms with Crippen LogP contribution in [0.4, 0.5) is 0 Å². The maximum absolute atomic E-state index is 13.0. The van der Waals surface area contributed by atoms with E-state index in [9.17, 15) is 14.4 Å². The minimum absolute atomic E-state index is 0.256. The number of hydrogen-bond donors (Lipinski definition) is 0. The second-order valence-electron chi connectivity index (χ2n) is 6.17. The maximum atomic E-state index is 13.0. The molecule has 0 amide bonds. The Bertz CT molecular complexity index is 1100. The van der Waals surface area contributed by atoms with Crippen molar-refractivity contribution >= 4 is 22.7 Å². The molecule has 9 heteroatoms. The van der Waals surface area contributed by atoms with Gasteiger partial charge in [0, 0.05) is 32.6 Å². The Morgan fingerprint density at radius 2 is 2.04 bits per heavy atom. The molecular weight excluding hydrogens is 326 g/mol. The number of carbonyl (C=O) groups excluding carboxylic acids is 1.